The molecular formula is C16H25Cl2N3. The van der Waals surface area contributed by atoms with Crippen LogP contribution in [0.25, 0.3) is 0 Å². The van der Waals surface area contributed by atoms with Crippen molar-refractivity contribution in [2.45, 2.75) is 32.4 Å². The van der Waals surface area contributed by atoms with E-state index in [1.54, 1.807) is 0 Å². The Hall–Kier alpha value is -0.320. The molecule has 5 heteroatoms. The molecule has 0 aromatic heterocycles. The summed E-state index contributed by atoms with van der Waals surface area (Å²) in [4.78, 5) is 5.04. The monoisotopic (exact) mass is 329 g/mol. The van der Waals surface area contributed by atoms with Crippen LogP contribution in [0.15, 0.2) is 18.2 Å². The van der Waals surface area contributed by atoms with E-state index in [0.717, 1.165) is 38.2 Å². The summed E-state index contributed by atoms with van der Waals surface area (Å²) in [5.74, 6) is 0. The molecule has 0 amide bonds. The van der Waals surface area contributed by atoms with Gasteiger partial charge in [0.1, 0.15) is 0 Å². The molecule has 118 valence electrons. The van der Waals surface area contributed by atoms with Gasteiger partial charge in [-0.2, -0.15) is 0 Å². The van der Waals surface area contributed by atoms with Gasteiger partial charge in [0.05, 0.1) is 10.0 Å². The van der Waals surface area contributed by atoms with Gasteiger partial charge in [-0.1, -0.05) is 43.1 Å². The fraction of sp³-hybridized carbons (Fsp3) is 0.625. The van der Waals surface area contributed by atoms with Crippen LogP contribution in [0, 0.1) is 0 Å². The van der Waals surface area contributed by atoms with Crippen LogP contribution in [-0.2, 0) is 0 Å². The van der Waals surface area contributed by atoms with Crippen molar-refractivity contribution in [1.29, 1.82) is 0 Å². The highest BCUT2D eigenvalue weighted by atomic mass is 35.5. The summed E-state index contributed by atoms with van der Waals surface area (Å²) >= 11 is 12.2. The minimum atomic E-state index is 0.212. The summed E-state index contributed by atoms with van der Waals surface area (Å²) in [5, 5.41) is 1.20. The molecule has 0 spiro atoms. The fourth-order valence-electron chi connectivity index (χ4n) is 3.18. The molecular weight excluding hydrogens is 305 g/mol. The summed E-state index contributed by atoms with van der Waals surface area (Å²) in [6.45, 7) is 9.45. The molecule has 0 radical (unpaired) electrons. The zero-order valence-electron chi connectivity index (χ0n) is 12.9. The van der Waals surface area contributed by atoms with Crippen molar-refractivity contribution in [3.63, 3.8) is 0 Å². The lowest BCUT2D eigenvalue weighted by atomic mass is 10.00. The molecule has 3 nitrogen and oxygen atoms in total. The highest BCUT2D eigenvalue weighted by Gasteiger charge is 2.30. The van der Waals surface area contributed by atoms with Crippen LogP contribution in [0.4, 0.5) is 0 Å². The Bertz CT molecular complexity index is 467. The van der Waals surface area contributed by atoms with E-state index < -0.39 is 0 Å². The SMILES string of the molecule is CCC1CN(CC)CCN1C(CN)c1ccc(Cl)c(Cl)c1. The second-order valence-corrected chi connectivity index (χ2v) is 6.43. The van der Waals surface area contributed by atoms with Crippen LogP contribution < -0.4 is 5.73 Å². The minimum absolute atomic E-state index is 0.212. The lowest BCUT2D eigenvalue weighted by Crippen LogP contribution is -2.54. The van der Waals surface area contributed by atoms with Gasteiger partial charge in [-0.05, 0) is 30.7 Å². The fourth-order valence-corrected chi connectivity index (χ4v) is 3.48. The van der Waals surface area contributed by atoms with Gasteiger partial charge in [0.15, 0.2) is 0 Å². The van der Waals surface area contributed by atoms with Crippen molar-refractivity contribution in [2.24, 2.45) is 5.73 Å². The molecule has 1 aliphatic rings. The van der Waals surface area contributed by atoms with Gasteiger partial charge in [-0.3, -0.25) is 4.90 Å². The summed E-state index contributed by atoms with van der Waals surface area (Å²) in [7, 11) is 0. The largest absolute Gasteiger partial charge is 0.329 e. The number of piperazine rings is 1. The van der Waals surface area contributed by atoms with Gasteiger partial charge < -0.3 is 10.6 Å². The van der Waals surface area contributed by atoms with Crippen molar-refractivity contribution in [3.8, 4) is 0 Å². The highest BCUT2D eigenvalue weighted by Crippen LogP contribution is 2.30. The molecule has 2 rings (SSSR count). The molecule has 1 heterocycles. The van der Waals surface area contributed by atoms with Crippen molar-refractivity contribution in [1.82, 2.24) is 9.80 Å². The van der Waals surface area contributed by atoms with Crippen molar-refractivity contribution >= 4 is 23.2 Å². The Kier molecular flexibility index (Phi) is 6.33. The third kappa shape index (κ3) is 3.91. The second kappa shape index (κ2) is 7.80. The van der Waals surface area contributed by atoms with E-state index in [-0.39, 0.29) is 6.04 Å². The van der Waals surface area contributed by atoms with E-state index in [2.05, 4.69) is 23.6 Å². The van der Waals surface area contributed by atoms with Crippen molar-refractivity contribution < 1.29 is 0 Å². The maximum Gasteiger partial charge on any atom is 0.0595 e. The summed E-state index contributed by atoms with van der Waals surface area (Å²) in [6.07, 6.45) is 1.13. The van der Waals surface area contributed by atoms with Crippen molar-refractivity contribution in [2.75, 3.05) is 32.7 Å². The number of halogens is 2. The van der Waals surface area contributed by atoms with Gasteiger partial charge in [0.25, 0.3) is 0 Å². The Morgan fingerprint density at radius 2 is 2.00 bits per heavy atom. The Morgan fingerprint density at radius 1 is 1.24 bits per heavy atom. The molecule has 0 aliphatic carbocycles. The number of nitrogens with zero attached hydrogens (tertiary/aromatic N) is 2. The number of rotatable bonds is 5. The lowest BCUT2D eigenvalue weighted by molar-refractivity contribution is 0.0427. The Labute approximate surface area is 138 Å². The first-order chi connectivity index (χ1) is 10.1. The molecule has 1 fully saturated rings. The van der Waals surface area contributed by atoms with E-state index in [1.165, 1.54) is 0 Å². The predicted molar refractivity (Wildman–Crippen MR) is 91.2 cm³/mol. The average Bonchev–Trinajstić information content (AvgIpc) is 2.51. The molecule has 2 N–H and O–H groups in total. The number of hydrogen-bond acceptors (Lipinski definition) is 3. The van der Waals surface area contributed by atoms with Crippen LogP contribution in [0.2, 0.25) is 10.0 Å². The Balaban J connectivity index is 2.21. The van der Waals surface area contributed by atoms with Crippen LogP contribution in [0.5, 0.6) is 0 Å². The van der Waals surface area contributed by atoms with E-state index in [1.807, 2.05) is 18.2 Å². The van der Waals surface area contributed by atoms with Crippen molar-refractivity contribution in [3.05, 3.63) is 33.8 Å². The third-order valence-corrected chi connectivity index (χ3v) is 5.22. The highest BCUT2D eigenvalue weighted by molar-refractivity contribution is 6.42. The van der Waals surface area contributed by atoms with Gasteiger partial charge in [0.2, 0.25) is 0 Å². The van der Waals surface area contributed by atoms with E-state index in [4.69, 9.17) is 28.9 Å². The quantitative estimate of drug-likeness (QED) is 0.898. The van der Waals surface area contributed by atoms with Gasteiger partial charge in [-0.25, -0.2) is 0 Å². The average molecular weight is 330 g/mol. The predicted octanol–water partition coefficient (Wildman–Crippen LogP) is 3.41. The van der Waals surface area contributed by atoms with Crippen LogP contribution in [0.3, 0.4) is 0 Å². The molecule has 2 unspecified atom stereocenters. The van der Waals surface area contributed by atoms with Gasteiger partial charge in [0, 0.05) is 38.3 Å². The zero-order chi connectivity index (χ0) is 15.4. The summed E-state index contributed by atoms with van der Waals surface area (Å²) in [5.41, 5.74) is 7.24. The third-order valence-electron chi connectivity index (χ3n) is 4.48. The lowest BCUT2D eigenvalue weighted by Gasteiger charge is -2.45. The van der Waals surface area contributed by atoms with Crippen LogP contribution >= 0.6 is 23.2 Å². The van der Waals surface area contributed by atoms with E-state index in [0.29, 0.717) is 22.6 Å². The number of benzene rings is 1. The van der Waals surface area contributed by atoms with E-state index in [9.17, 15) is 0 Å². The maximum absolute atomic E-state index is 6.17. The Morgan fingerprint density at radius 3 is 2.57 bits per heavy atom. The second-order valence-electron chi connectivity index (χ2n) is 5.62. The minimum Gasteiger partial charge on any atom is -0.329 e. The first kappa shape index (κ1) is 17.0. The topological polar surface area (TPSA) is 32.5 Å². The number of nitrogens with two attached hydrogens (primary N) is 1. The molecule has 1 saturated heterocycles. The standard InChI is InChI=1S/C16H25Cl2N3/c1-3-13-11-20(4-2)7-8-21(13)16(10-19)12-5-6-14(17)15(18)9-12/h5-6,9,13,16H,3-4,7-8,10-11,19H2,1-2H3. The smallest absolute Gasteiger partial charge is 0.0595 e. The van der Waals surface area contributed by atoms with Gasteiger partial charge >= 0.3 is 0 Å². The first-order valence-electron chi connectivity index (χ1n) is 7.73. The molecule has 2 atom stereocenters. The molecule has 1 aromatic rings. The summed E-state index contributed by atoms with van der Waals surface area (Å²) < 4.78 is 0. The van der Waals surface area contributed by atoms with Crippen LogP contribution in [0.1, 0.15) is 31.9 Å². The van der Waals surface area contributed by atoms with Crippen LogP contribution in [-0.4, -0.2) is 48.6 Å². The normalized spacial score (nSPS) is 22.4. The zero-order valence-corrected chi connectivity index (χ0v) is 14.4. The van der Waals surface area contributed by atoms with E-state index >= 15 is 0 Å². The summed E-state index contributed by atoms with van der Waals surface area (Å²) in [6, 6.07) is 6.63. The molecule has 1 aliphatic heterocycles. The van der Waals surface area contributed by atoms with Gasteiger partial charge in [-0.15, -0.1) is 0 Å². The maximum atomic E-state index is 6.17. The molecule has 0 bridgehead atoms. The molecule has 21 heavy (non-hydrogen) atoms. The molecule has 1 aromatic carbocycles. The number of hydrogen-bond donors (Lipinski definition) is 1. The molecule has 0 saturated carbocycles. The number of likely N-dealkylation sites (N-methyl/N-ethyl adjacent to an activating group) is 1. The first-order valence-corrected chi connectivity index (χ1v) is 8.49.